The normalized spacial score (nSPS) is 19.9. The number of amides is 1. The minimum Gasteiger partial charge on any atom is -0.381 e. The molecule has 1 aromatic rings. The minimum atomic E-state index is -0.500. The smallest absolute Gasteiger partial charge is 0.250 e. The van der Waals surface area contributed by atoms with Crippen LogP contribution in [-0.2, 0) is 0 Å². The van der Waals surface area contributed by atoms with Gasteiger partial charge in [0.05, 0.1) is 10.6 Å². The number of halogens is 1. The van der Waals surface area contributed by atoms with E-state index in [0.717, 1.165) is 31.6 Å². The predicted molar refractivity (Wildman–Crippen MR) is 69.5 cm³/mol. The molecule has 1 aliphatic rings. The fourth-order valence-corrected chi connectivity index (χ4v) is 2.23. The molecule has 1 unspecified atom stereocenters. The molecule has 4 N–H and O–H groups in total. The van der Waals surface area contributed by atoms with Gasteiger partial charge in [0.25, 0.3) is 0 Å². The van der Waals surface area contributed by atoms with Crippen molar-refractivity contribution in [1.82, 2.24) is 5.32 Å². The molecule has 4 nitrogen and oxygen atoms in total. The van der Waals surface area contributed by atoms with Crippen LogP contribution in [0.5, 0.6) is 0 Å². The molecular weight excluding hydrogens is 238 g/mol. The van der Waals surface area contributed by atoms with E-state index >= 15 is 0 Å². The van der Waals surface area contributed by atoms with Crippen LogP contribution in [-0.4, -0.2) is 25.0 Å². The van der Waals surface area contributed by atoms with E-state index in [1.165, 1.54) is 0 Å². The first-order valence-corrected chi connectivity index (χ1v) is 6.11. The number of nitrogens with two attached hydrogens (primary N) is 1. The summed E-state index contributed by atoms with van der Waals surface area (Å²) in [6.45, 7) is 2.01. The van der Waals surface area contributed by atoms with Gasteiger partial charge in [-0.05, 0) is 37.6 Å². The second kappa shape index (κ2) is 5.38. The van der Waals surface area contributed by atoms with Crippen molar-refractivity contribution in [3.8, 4) is 0 Å². The highest BCUT2D eigenvalue weighted by atomic mass is 35.5. The number of hydrogen-bond acceptors (Lipinski definition) is 3. The van der Waals surface area contributed by atoms with E-state index in [-0.39, 0.29) is 0 Å². The molecule has 1 heterocycles. The SMILES string of the molecule is NC(=O)c1cc(NC2CCCNC2)ccc1Cl. The summed E-state index contributed by atoms with van der Waals surface area (Å²) in [4.78, 5) is 11.2. The maximum Gasteiger partial charge on any atom is 0.250 e. The monoisotopic (exact) mass is 253 g/mol. The molecule has 2 rings (SSSR count). The Morgan fingerprint density at radius 1 is 1.53 bits per heavy atom. The number of anilines is 1. The Morgan fingerprint density at radius 2 is 2.35 bits per heavy atom. The molecule has 1 saturated heterocycles. The molecule has 17 heavy (non-hydrogen) atoms. The van der Waals surface area contributed by atoms with E-state index in [1.54, 1.807) is 12.1 Å². The van der Waals surface area contributed by atoms with Crippen LogP contribution < -0.4 is 16.4 Å². The fourth-order valence-electron chi connectivity index (χ4n) is 2.01. The zero-order valence-electron chi connectivity index (χ0n) is 9.50. The Bertz CT molecular complexity index is 416. The molecule has 0 aliphatic carbocycles. The lowest BCUT2D eigenvalue weighted by Crippen LogP contribution is -2.38. The van der Waals surface area contributed by atoms with Gasteiger partial charge < -0.3 is 16.4 Å². The summed E-state index contributed by atoms with van der Waals surface area (Å²) in [6.07, 6.45) is 2.29. The van der Waals surface area contributed by atoms with E-state index in [1.807, 2.05) is 6.07 Å². The van der Waals surface area contributed by atoms with Gasteiger partial charge in [-0.1, -0.05) is 11.6 Å². The van der Waals surface area contributed by atoms with Gasteiger partial charge >= 0.3 is 0 Å². The summed E-state index contributed by atoms with van der Waals surface area (Å²) >= 11 is 5.89. The average Bonchev–Trinajstić information content (AvgIpc) is 2.32. The standard InChI is InChI=1S/C12H16ClN3O/c13-11-4-3-8(6-10(11)12(14)17)16-9-2-1-5-15-7-9/h3-4,6,9,15-16H,1-2,5,7H2,(H2,14,17). The Morgan fingerprint density at radius 3 is 3.00 bits per heavy atom. The molecule has 0 bridgehead atoms. The molecular formula is C12H16ClN3O. The average molecular weight is 254 g/mol. The summed E-state index contributed by atoms with van der Waals surface area (Å²) in [5.74, 6) is -0.500. The van der Waals surface area contributed by atoms with Crippen molar-refractivity contribution < 1.29 is 4.79 Å². The second-order valence-electron chi connectivity index (χ2n) is 4.25. The van der Waals surface area contributed by atoms with Crippen molar-refractivity contribution in [3.05, 3.63) is 28.8 Å². The maximum atomic E-state index is 11.2. The Balaban J connectivity index is 2.10. The Labute approximate surface area is 106 Å². The lowest BCUT2D eigenvalue weighted by Gasteiger charge is -2.25. The molecule has 0 spiro atoms. The highest BCUT2D eigenvalue weighted by Gasteiger charge is 2.14. The molecule has 1 aromatic carbocycles. The highest BCUT2D eigenvalue weighted by molar-refractivity contribution is 6.33. The van der Waals surface area contributed by atoms with Gasteiger partial charge in [0, 0.05) is 18.3 Å². The number of hydrogen-bond donors (Lipinski definition) is 3. The number of nitrogens with one attached hydrogen (secondary N) is 2. The van der Waals surface area contributed by atoms with Gasteiger partial charge in [0.15, 0.2) is 0 Å². The minimum absolute atomic E-state index is 0.362. The lowest BCUT2D eigenvalue weighted by atomic mass is 10.1. The van der Waals surface area contributed by atoms with Crippen LogP contribution in [0.25, 0.3) is 0 Å². The molecule has 92 valence electrons. The third kappa shape index (κ3) is 3.11. The van der Waals surface area contributed by atoms with Crippen molar-refractivity contribution >= 4 is 23.2 Å². The van der Waals surface area contributed by atoms with Gasteiger partial charge in [0.2, 0.25) is 5.91 Å². The van der Waals surface area contributed by atoms with E-state index in [0.29, 0.717) is 16.6 Å². The van der Waals surface area contributed by atoms with Crippen LogP contribution >= 0.6 is 11.6 Å². The van der Waals surface area contributed by atoms with Crippen molar-refractivity contribution in [3.63, 3.8) is 0 Å². The number of benzene rings is 1. The lowest BCUT2D eigenvalue weighted by molar-refractivity contribution is 0.100. The molecule has 1 aliphatic heterocycles. The Kier molecular flexibility index (Phi) is 3.86. The van der Waals surface area contributed by atoms with E-state index in [4.69, 9.17) is 17.3 Å². The van der Waals surface area contributed by atoms with Crippen LogP contribution in [0.1, 0.15) is 23.2 Å². The van der Waals surface area contributed by atoms with Gasteiger partial charge in [0.1, 0.15) is 0 Å². The number of primary amides is 1. The highest BCUT2D eigenvalue weighted by Crippen LogP contribution is 2.21. The van der Waals surface area contributed by atoms with Crippen LogP contribution in [0.3, 0.4) is 0 Å². The van der Waals surface area contributed by atoms with Crippen molar-refractivity contribution in [2.45, 2.75) is 18.9 Å². The first kappa shape index (κ1) is 12.2. The van der Waals surface area contributed by atoms with Crippen molar-refractivity contribution in [2.75, 3.05) is 18.4 Å². The number of piperidine rings is 1. The van der Waals surface area contributed by atoms with E-state index < -0.39 is 5.91 Å². The second-order valence-corrected chi connectivity index (χ2v) is 4.65. The molecule has 1 amide bonds. The van der Waals surface area contributed by atoms with Crippen LogP contribution in [0.4, 0.5) is 5.69 Å². The first-order valence-electron chi connectivity index (χ1n) is 5.73. The number of carbonyl (C=O) groups is 1. The van der Waals surface area contributed by atoms with Gasteiger partial charge in [-0.3, -0.25) is 4.79 Å². The zero-order valence-corrected chi connectivity index (χ0v) is 10.3. The quantitative estimate of drug-likeness (QED) is 0.767. The molecule has 1 fully saturated rings. The first-order chi connectivity index (χ1) is 8.16. The largest absolute Gasteiger partial charge is 0.381 e. The van der Waals surface area contributed by atoms with Gasteiger partial charge in [-0.25, -0.2) is 0 Å². The van der Waals surface area contributed by atoms with Crippen molar-refractivity contribution in [1.29, 1.82) is 0 Å². The summed E-state index contributed by atoms with van der Waals surface area (Å²) in [6, 6.07) is 5.66. The third-order valence-electron chi connectivity index (χ3n) is 2.90. The molecule has 0 radical (unpaired) electrons. The third-order valence-corrected chi connectivity index (χ3v) is 3.23. The molecule has 0 saturated carbocycles. The summed E-state index contributed by atoms with van der Waals surface area (Å²) in [5.41, 5.74) is 6.50. The Hall–Kier alpha value is -1.26. The van der Waals surface area contributed by atoms with Gasteiger partial charge in [-0.15, -0.1) is 0 Å². The summed E-state index contributed by atoms with van der Waals surface area (Å²) in [7, 11) is 0. The fraction of sp³-hybridized carbons (Fsp3) is 0.417. The summed E-state index contributed by atoms with van der Waals surface area (Å²) < 4.78 is 0. The maximum absolute atomic E-state index is 11.2. The molecule has 1 atom stereocenters. The van der Waals surface area contributed by atoms with Crippen LogP contribution in [0, 0.1) is 0 Å². The van der Waals surface area contributed by atoms with Gasteiger partial charge in [-0.2, -0.15) is 0 Å². The zero-order chi connectivity index (χ0) is 12.3. The van der Waals surface area contributed by atoms with E-state index in [2.05, 4.69) is 10.6 Å². The van der Waals surface area contributed by atoms with Crippen LogP contribution in [0.2, 0.25) is 5.02 Å². The topological polar surface area (TPSA) is 67.2 Å². The number of rotatable bonds is 3. The molecule has 0 aromatic heterocycles. The summed E-state index contributed by atoms with van der Waals surface area (Å²) in [5, 5.41) is 7.09. The molecule has 5 heteroatoms. The predicted octanol–water partition coefficient (Wildman–Crippen LogP) is 1.60. The van der Waals surface area contributed by atoms with Crippen LogP contribution in [0.15, 0.2) is 18.2 Å². The number of carbonyl (C=O) groups excluding carboxylic acids is 1. The van der Waals surface area contributed by atoms with E-state index in [9.17, 15) is 4.79 Å². The van der Waals surface area contributed by atoms with Crippen molar-refractivity contribution in [2.24, 2.45) is 5.73 Å².